The van der Waals surface area contributed by atoms with Crippen LogP contribution in [0.1, 0.15) is 90.4 Å². The van der Waals surface area contributed by atoms with Crippen molar-refractivity contribution in [3.05, 3.63) is 38.4 Å². The van der Waals surface area contributed by atoms with E-state index in [1.807, 2.05) is 0 Å². The summed E-state index contributed by atoms with van der Waals surface area (Å²) in [4.78, 5) is 20.7. The molecule has 20 nitrogen and oxygen atoms in total. The molecule has 392 valence electrons. The molecule has 0 aliphatic heterocycles. The summed E-state index contributed by atoms with van der Waals surface area (Å²) in [5, 5.41) is 24.9. The van der Waals surface area contributed by atoms with Gasteiger partial charge in [0.25, 0.3) is 11.4 Å². The van der Waals surface area contributed by atoms with Crippen LogP contribution < -0.4 is 5.32 Å². The number of unbranched alkanes of at least 4 members (excludes halogenated alkanes) is 12. The van der Waals surface area contributed by atoms with Crippen LogP contribution in [0.15, 0.2) is 18.2 Å². The van der Waals surface area contributed by atoms with Gasteiger partial charge in [0.2, 0.25) is 0 Å². The smallest absolute Gasteiger partial charge is 0.299 e. The van der Waals surface area contributed by atoms with Gasteiger partial charge in [-0.1, -0.05) is 84.0 Å². The average molecular weight is 966 g/mol. The number of benzene rings is 1. The third-order valence-corrected chi connectivity index (χ3v) is 9.81. The first-order chi connectivity index (χ1) is 33.1. The molecule has 0 atom stereocenters. The van der Waals surface area contributed by atoms with E-state index in [-0.39, 0.29) is 30.2 Å². The summed E-state index contributed by atoms with van der Waals surface area (Å²) >= 11 is 0. The van der Waals surface area contributed by atoms with E-state index < -0.39 is 9.85 Å². The normalized spacial score (nSPS) is 11.5. The number of ether oxygens (including phenoxy) is 13. The molecular formula is C47H87N3O17. The molecule has 0 aromatic heterocycles. The van der Waals surface area contributed by atoms with Crippen LogP contribution in [0.25, 0.3) is 0 Å². The van der Waals surface area contributed by atoms with Gasteiger partial charge in [-0.3, -0.25) is 20.2 Å². The highest BCUT2D eigenvalue weighted by atomic mass is 16.6. The van der Waals surface area contributed by atoms with Crippen LogP contribution in [0.4, 0.5) is 17.1 Å². The SMILES string of the molecule is CCCCCCCCCCCCCCCOCCOCCOCCOCCOCCOCCOCCOCCOCCOCCOCCOCCOCCNc1ccc([N+](=O)[O-])cc1[N+](=O)[O-]. The lowest BCUT2D eigenvalue weighted by atomic mass is 10.0. The Morgan fingerprint density at radius 3 is 0.910 bits per heavy atom. The van der Waals surface area contributed by atoms with Crippen LogP contribution >= 0.6 is 0 Å². The van der Waals surface area contributed by atoms with Gasteiger partial charge in [-0.25, -0.2) is 0 Å². The molecule has 1 aromatic carbocycles. The highest BCUT2D eigenvalue weighted by Gasteiger charge is 2.19. The van der Waals surface area contributed by atoms with E-state index in [4.69, 9.17) is 61.6 Å². The minimum atomic E-state index is -0.679. The Morgan fingerprint density at radius 1 is 0.358 bits per heavy atom. The van der Waals surface area contributed by atoms with Gasteiger partial charge < -0.3 is 66.9 Å². The Bertz CT molecular complexity index is 1230. The molecule has 0 spiro atoms. The van der Waals surface area contributed by atoms with Gasteiger partial charge in [0, 0.05) is 19.2 Å². The van der Waals surface area contributed by atoms with Crippen molar-refractivity contribution in [2.45, 2.75) is 90.4 Å². The quantitative estimate of drug-likeness (QED) is 0.0387. The van der Waals surface area contributed by atoms with Crippen LogP contribution in [-0.2, 0) is 61.6 Å². The number of non-ortho nitro benzene ring substituents is 1. The van der Waals surface area contributed by atoms with Crippen LogP contribution in [0.2, 0.25) is 0 Å². The van der Waals surface area contributed by atoms with E-state index in [1.165, 1.54) is 89.2 Å². The molecule has 1 aromatic rings. The van der Waals surface area contributed by atoms with Crippen LogP contribution in [0.5, 0.6) is 0 Å². The van der Waals surface area contributed by atoms with Crippen molar-refractivity contribution in [3.63, 3.8) is 0 Å². The van der Waals surface area contributed by atoms with Gasteiger partial charge in [0.05, 0.1) is 181 Å². The molecule has 0 saturated carbocycles. The first kappa shape index (κ1) is 62.3. The Kier molecular flexibility index (Phi) is 47.6. The summed E-state index contributed by atoms with van der Waals surface area (Å²) in [7, 11) is 0. The Balaban J connectivity index is 1.65. The summed E-state index contributed by atoms with van der Waals surface area (Å²) in [5.41, 5.74) is -0.527. The third kappa shape index (κ3) is 44.3. The molecule has 67 heavy (non-hydrogen) atoms. The standard InChI is InChI=1S/C47H87N3O17/c1-2-3-4-5-6-7-8-9-10-11-12-13-14-18-55-20-22-57-24-26-59-28-30-61-32-34-63-36-38-65-40-42-67-43-41-66-39-37-64-35-33-62-31-29-60-27-25-58-23-21-56-19-17-48-46-16-15-45(49(51)52)44-47(46)50(53)54/h15-16,44,48H,2-14,17-43H2,1H3. The lowest BCUT2D eigenvalue weighted by molar-refractivity contribution is -0.393. The molecule has 0 fully saturated rings. The predicted octanol–water partition coefficient (Wildman–Crippen LogP) is 7.22. The van der Waals surface area contributed by atoms with Crippen molar-refractivity contribution < 1.29 is 71.4 Å². The number of nitro benzene ring substituents is 2. The highest BCUT2D eigenvalue weighted by Crippen LogP contribution is 2.28. The van der Waals surface area contributed by atoms with Crippen LogP contribution in [-0.4, -0.2) is 188 Å². The Labute approximate surface area is 400 Å². The van der Waals surface area contributed by atoms with Crippen molar-refractivity contribution in [3.8, 4) is 0 Å². The average Bonchev–Trinajstić information content (AvgIpc) is 3.33. The molecule has 0 heterocycles. The summed E-state index contributed by atoms with van der Waals surface area (Å²) in [6.07, 6.45) is 17.7. The topological polar surface area (TPSA) is 218 Å². The van der Waals surface area contributed by atoms with E-state index in [9.17, 15) is 20.2 Å². The van der Waals surface area contributed by atoms with Gasteiger partial charge in [-0.05, 0) is 12.5 Å². The molecule has 0 bridgehead atoms. The maximum Gasteiger partial charge on any atom is 0.299 e. The molecule has 0 saturated heterocycles. The molecule has 0 unspecified atom stereocenters. The molecule has 0 amide bonds. The zero-order valence-corrected chi connectivity index (χ0v) is 40.9. The van der Waals surface area contributed by atoms with Crippen LogP contribution in [0.3, 0.4) is 0 Å². The summed E-state index contributed by atoms with van der Waals surface area (Å²) in [6, 6.07) is 3.43. The molecule has 0 aliphatic rings. The second-order valence-electron chi connectivity index (χ2n) is 15.3. The Hall–Kier alpha value is -2.70. The van der Waals surface area contributed by atoms with E-state index in [0.29, 0.717) is 159 Å². The van der Waals surface area contributed by atoms with Gasteiger partial charge in [-0.2, -0.15) is 0 Å². The maximum atomic E-state index is 11.2. The number of rotatable bonds is 56. The predicted molar refractivity (Wildman–Crippen MR) is 255 cm³/mol. The minimum absolute atomic E-state index is 0.185. The monoisotopic (exact) mass is 966 g/mol. The van der Waals surface area contributed by atoms with E-state index in [0.717, 1.165) is 19.1 Å². The number of anilines is 1. The fourth-order valence-electron chi connectivity index (χ4n) is 6.15. The van der Waals surface area contributed by atoms with Crippen molar-refractivity contribution in [2.75, 3.05) is 184 Å². The van der Waals surface area contributed by atoms with Crippen molar-refractivity contribution >= 4 is 17.1 Å². The maximum absolute atomic E-state index is 11.2. The van der Waals surface area contributed by atoms with Gasteiger partial charge in [0.15, 0.2) is 0 Å². The van der Waals surface area contributed by atoms with Gasteiger partial charge >= 0.3 is 0 Å². The number of hydrogen-bond acceptors (Lipinski definition) is 18. The first-order valence-corrected chi connectivity index (χ1v) is 24.7. The lowest BCUT2D eigenvalue weighted by Gasteiger charge is -2.09. The number of nitrogens with zero attached hydrogens (tertiary/aromatic N) is 2. The van der Waals surface area contributed by atoms with E-state index in [2.05, 4.69) is 12.2 Å². The Morgan fingerprint density at radius 2 is 0.627 bits per heavy atom. The lowest BCUT2D eigenvalue weighted by Crippen LogP contribution is -2.16. The first-order valence-electron chi connectivity index (χ1n) is 24.7. The third-order valence-electron chi connectivity index (χ3n) is 9.81. The minimum Gasteiger partial charge on any atom is -0.379 e. The summed E-state index contributed by atoms with van der Waals surface area (Å²) in [5.74, 6) is 0. The van der Waals surface area contributed by atoms with Crippen molar-refractivity contribution in [1.82, 2.24) is 0 Å². The molecule has 1 N–H and O–H groups in total. The second kappa shape index (κ2) is 51.2. The molecule has 1 rings (SSSR count). The highest BCUT2D eigenvalue weighted by molar-refractivity contribution is 5.65. The zero-order valence-electron chi connectivity index (χ0n) is 40.9. The summed E-state index contributed by atoms with van der Waals surface area (Å²) < 4.78 is 71.7. The van der Waals surface area contributed by atoms with Crippen molar-refractivity contribution in [1.29, 1.82) is 0 Å². The molecule has 20 heteroatoms. The largest absolute Gasteiger partial charge is 0.379 e. The van der Waals surface area contributed by atoms with Crippen molar-refractivity contribution in [2.24, 2.45) is 0 Å². The molecule has 0 aliphatic carbocycles. The fourth-order valence-corrected chi connectivity index (χ4v) is 6.15. The second-order valence-corrected chi connectivity index (χ2v) is 15.3. The van der Waals surface area contributed by atoms with E-state index in [1.54, 1.807) is 0 Å². The summed E-state index contributed by atoms with van der Waals surface area (Å²) in [6.45, 7) is 15.2. The zero-order chi connectivity index (χ0) is 48.2. The number of nitro groups is 2. The van der Waals surface area contributed by atoms with E-state index >= 15 is 0 Å². The number of hydrogen-bond donors (Lipinski definition) is 1. The van der Waals surface area contributed by atoms with Crippen LogP contribution in [0, 0.1) is 20.2 Å². The molecular weight excluding hydrogens is 879 g/mol. The van der Waals surface area contributed by atoms with Gasteiger partial charge in [-0.15, -0.1) is 0 Å². The molecule has 0 radical (unpaired) electrons. The fraction of sp³-hybridized carbons (Fsp3) is 0.872. The van der Waals surface area contributed by atoms with Gasteiger partial charge in [0.1, 0.15) is 5.69 Å². The number of nitrogens with one attached hydrogen (secondary N) is 1.